The van der Waals surface area contributed by atoms with Crippen molar-refractivity contribution in [2.24, 2.45) is 0 Å². The Hall–Kier alpha value is -1.02. The van der Waals surface area contributed by atoms with E-state index < -0.39 is 10.0 Å². The van der Waals surface area contributed by atoms with Gasteiger partial charge in [-0.15, -0.1) is 0 Å². The van der Waals surface area contributed by atoms with Crippen LogP contribution in [-0.2, 0) is 16.6 Å². The predicted molar refractivity (Wildman–Crippen MR) is 85.7 cm³/mol. The number of benzene rings is 1. The molecule has 0 saturated carbocycles. The van der Waals surface area contributed by atoms with Gasteiger partial charge in [0.2, 0.25) is 10.0 Å². The van der Waals surface area contributed by atoms with Crippen molar-refractivity contribution in [1.29, 1.82) is 0 Å². The topological polar surface area (TPSA) is 76.5 Å². The molecule has 0 amide bonds. The lowest BCUT2D eigenvalue weighted by atomic mass is 10.2. The molecule has 1 aromatic heterocycles. The number of nitrogens with zero attached hydrogens (tertiary/aromatic N) is 1. The third-order valence-electron chi connectivity index (χ3n) is 3.06. The van der Waals surface area contributed by atoms with Crippen LogP contribution < -0.4 is 5.73 Å². The number of rotatable bonds is 4. The number of sulfonamides is 1. The molecule has 0 bridgehead atoms. The lowest BCUT2D eigenvalue weighted by Crippen LogP contribution is -2.27. The highest BCUT2D eigenvalue weighted by atomic mass is 79.9. The maximum absolute atomic E-state index is 12.6. The van der Waals surface area contributed by atoms with Gasteiger partial charge in [-0.05, 0) is 52.7 Å². The van der Waals surface area contributed by atoms with Crippen LogP contribution in [0.3, 0.4) is 0 Å². The van der Waals surface area contributed by atoms with E-state index in [4.69, 9.17) is 21.8 Å². The van der Waals surface area contributed by atoms with Crippen molar-refractivity contribution < 1.29 is 12.8 Å². The largest absolute Gasteiger partial charge is 0.453 e. The van der Waals surface area contributed by atoms with Crippen molar-refractivity contribution in [2.45, 2.75) is 18.4 Å². The van der Waals surface area contributed by atoms with Crippen molar-refractivity contribution in [3.05, 3.63) is 45.3 Å². The van der Waals surface area contributed by atoms with Gasteiger partial charge in [0, 0.05) is 17.8 Å². The highest BCUT2D eigenvalue weighted by Crippen LogP contribution is 2.28. The second-order valence-corrected chi connectivity index (χ2v) is 7.82. The van der Waals surface area contributed by atoms with Gasteiger partial charge in [-0.2, -0.15) is 4.31 Å². The van der Waals surface area contributed by atoms with Gasteiger partial charge in [-0.3, -0.25) is 0 Å². The summed E-state index contributed by atoms with van der Waals surface area (Å²) in [5, 5.41) is 0.283. The normalized spacial score (nSPS) is 12.0. The number of furan rings is 1. The molecule has 2 N–H and O–H groups in total. The van der Waals surface area contributed by atoms with Crippen LogP contribution >= 0.6 is 27.5 Å². The average molecular weight is 394 g/mol. The Morgan fingerprint density at radius 2 is 2.05 bits per heavy atom. The molecule has 2 rings (SSSR count). The van der Waals surface area contributed by atoms with Gasteiger partial charge in [0.25, 0.3) is 0 Å². The fourth-order valence-corrected chi connectivity index (χ4v) is 3.90. The van der Waals surface area contributed by atoms with E-state index in [1.807, 2.05) is 0 Å². The van der Waals surface area contributed by atoms with E-state index in [2.05, 4.69) is 15.9 Å². The molecule has 0 atom stereocenters. The molecule has 0 aliphatic heterocycles. The zero-order chi connectivity index (χ0) is 15.8. The quantitative estimate of drug-likeness (QED) is 0.808. The minimum atomic E-state index is -3.71. The number of hydrogen-bond acceptors (Lipinski definition) is 4. The van der Waals surface area contributed by atoms with E-state index in [1.54, 1.807) is 19.1 Å². The zero-order valence-electron chi connectivity index (χ0n) is 11.4. The molecule has 8 heteroatoms. The molecule has 114 valence electrons. The van der Waals surface area contributed by atoms with Crippen molar-refractivity contribution in [3.8, 4) is 0 Å². The first-order valence-electron chi connectivity index (χ1n) is 5.98. The monoisotopic (exact) mass is 392 g/mol. The average Bonchev–Trinajstić information content (AvgIpc) is 2.79. The lowest BCUT2D eigenvalue weighted by molar-refractivity contribution is 0.398. The molecule has 5 nitrogen and oxygen atoms in total. The van der Waals surface area contributed by atoms with Crippen molar-refractivity contribution >= 4 is 43.2 Å². The number of hydrogen-bond donors (Lipinski definition) is 1. The van der Waals surface area contributed by atoms with Crippen LogP contribution in [0.2, 0.25) is 5.02 Å². The summed E-state index contributed by atoms with van der Waals surface area (Å²) in [6.45, 7) is 1.76. The number of halogens is 2. The minimum Gasteiger partial charge on any atom is -0.453 e. The fraction of sp³-hybridized carbons (Fsp3) is 0.231. The number of nitrogen functional groups attached to an aromatic ring is 1. The first kappa shape index (κ1) is 16.4. The summed E-state index contributed by atoms with van der Waals surface area (Å²) in [5.41, 5.74) is 6.60. The Morgan fingerprint density at radius 3 is 2.62 bits per heavy atom. The predicted octanol–water partition coefficient (Wildman–Crippen LogP) is 3.41. The molecule has 0 spiro atoms. The van der Waals surface area contributed by atoms with Crippen LogP contribution in [0.15, 0.2) is 38.2 Å². The van der Waals surface area contributed by atoms with Crippen molar-refractivity contribution in [3.63, 3.8) is 0 Å². The van der Waals surface area contributed by atoms with Crippen LogP contribution in [0.25, 0.3) is 0 Å². The zero-order valence-corrected chi connectivity index (χ0v) is 14.6. The standard InChI is InChI=1S/C13H14BrClN2O3S/c1-8-11(16)5-9(15)6-12(8)21(18,19)17(2)7-10-3-4-13(14)20-10/h3-6H,7,16H2,1-2H3. The number of anilines is 1. The Bertz CT molecular complexity index is 774. The Balaban J connectivity index is 2.37. The summed E-state index contributed by atoms with van der Waals surface area (Å²) in [5.74, 6) is 0.528. The van der Waals surface area contributed by atoms with E-state index >= 15 is 0 Å². The van der Waals surface area contributed by atoms with Gasteiger partial charge >= 0.3 is 0 Å². The molecule has 0 aliphatic rings. The molecule has 0 unspecified atom stereocenters. The second kappa shape index (κ2) is 6.00. The van der Waals surface area contributed by atoms with Crippen LogP contribution in [0.5, 0.6) is 0 Å². The molecule has 21 heavy (non-hydrogen) atoms. The highest BCUT2D eigenvalue weighted by molar-refractivity contribution is 9.10. The van der Waals surface area contributed by atoms with Crippen molar-refractivity contribution in [1.82, 2.24) is 4.31 Å². The van der Waals surface area contributed by atoms with Crippen molar-refractivity contribution in [2.75, 3.05) is 12.8 Å². The van der Waals surface area contributed by atoms with E-state index in [9.17, 15) is 8.42 Å². The summed E-state index contributed by atoms with van der Waals surface area (Å²) in [7, 11) is -2.24. The lowest BCUT2D eigenvalue weighted by Gasteiger charge is -2.18. The summed E-state index contributed by atoms with van der Waals surface area (Å²) >= 11 is 9.09. The smallest absolute Gasteiger partial charge is 0.243 e. The molecule has 1 heterocycles. The SMILES string of the molecule is Cc1c(N)cc(Cl)cc1S(=O)(=O)N(C)Cc1ccc(Br)o1. The maximum Gasteiger partial charge on any atom is 0.243 e. The van der Waals surface area contributed by atoms with Gasteiger partial charge in [0.1, 0.15) is 5.76 Å². The fourth-order valence-electron chi connectivity index (χ4n) is 1.85. The van der Waals surface area contributed by atoms with Crippen LogP contribution in [-0.4, -0.2) is 19.8 Å². The third-order valence-corrected chi connectivity index (χ3v) is 5.63. The number of nitrogens with two attached hydrogens (primary N) is 1. The van der Waals surface area contributed by atoms with E-state index in [-0.39, 0.29) is 16.5 Å². The van der Waals surface area contributed by atoms with Gasteiger partial charge in [0.05, 0.1) is 11.4 Å². The van der Waals surface area contributed by atoms with Crippen LogP contribution in [0.1, 0.15) is 11.3 Å². The van der Waals surface area contributed by atoms with E-state index in [1.165, 1.54) is 23.5 Å². The Morgan fingerprint density at radius 1 is 1.38 bits per heavy atom. The molecule has 0 radical (unpaired) electrons. The third kappa shape index (κ3) is 3.42. The highest BCUT2D eigenvalue weighted by Gasteiger charge is 2.25. The first-order valence-corrected chi connectivity index (χ1v) is 8.59. The summed E-state index contributed by atoms with van der Waals surface area (Å²) in [6, 6.07) is 6.34. The second-order valence-electron chi connectivity index (χ2n) is 4.59. The summed E-state index contributed by atoms with van der Waals surface area (Å²) < 4.78 is 32.3. The van der Waals surface area contributed by atoms with E-state index in [0.29, 0.717) is 21.7 Å². The molecule has 0 aliphatic carbocycles. The molecule has 0 saturated heterocycles. The van der Waals surface area contributed by atoms with Gasteiger partial charge < -0.3 is 10.2 Å². The van der Waals surface area contributed by atoms with Gasteiger partial charge in [-0.25, -0.2) is 8.42 Å². The first-order chi connectivity index (χ1) is 9.71. The molecule has 2 aromatic rings. The van der Waals surface area contributed by atoms with Gasteiger partial charge in [-0.1, -0.05) is 11.6 Å². The molecule has 1 aromatic carbocycles. The van der Waals surface area contributed by atoms with Crippen LogP contribution in [0, 0.1) is 6.92 Å². The Labute approximate surface area is 136 Å². The molecular weight excluding hydrogens is 380 g/mol. The van der Waals surface area contributed by atoms with Crippen LogP contribution in [0.4, 0.5) is 5.69 Å². The Kier molecular flexibility index (Phi) is 4.67. The minimum absolute atomic E-state index is 0.0978. The summed E-state index contributed by atoms with van der Waals surface area (Å²) in [4.78, 5) is 0.0978. The molecule has 0 fully saturated rings. The molecular formula is C13H14BrClN2O3S. The van der Waals surface area contributed by atoms with Gasteiger partial charge in [0.15, 0.2) is 4.67 Å². The van der Waals surface area contributed by atoms with E-state index in [0.717, 1.165) is 0 Å². The maximum atomic E-state index is 12.6. The summed E-state index contributed by atoms with van der Waals surface area (Å²) in [6.07, 6.45) is 0.